The van der Waals surface area contributed by atoms with Crippen LogP contribution in [0.25, 0.3) is 0 Å². The lowest BCUT2D eigenvalue weighted by atomic mass is 9.69. The van der Waals surface area contributed by atoms with Crippen molar-refractivity contribution in [2.45, 2.75) is 84.8 Å². The molecule has 1 saturated heterocycles. The van der Waals surface area contributed by atoms with Crippen LogP contribution >= 0.6 is 0 Å². The summed E-state index contributed by atoms with van der Waals surface area (Å²) in [6, 6.07) is -1.41. The molecule has 3 rings (SSSR count). The van der Waals surface area contributed by atoms with Gasteiger partial charge in [0.15, 0.2) is 5.82 Å². The minimum Gasteiger partial charge on any atom is -0.464 e. The monoisotopic (exact) mass is 436 g/mol. The predicted molar refractivity (Wildman–Crippen MR) is 114 cm³/mol. The number of carbonyl (C=O) groups is 2. The molecule has 9 nitrogen and oxygen atoms in total. The first-order valence-corrected chi connectivity index (χ1v) is 11.4. The van der Waals surface area contributed by atoms with E-state index in [9.17, 15) is 9.59 Å². The predicted octanol–water partition coefficient (Wildman–Crippen LogP) is 2.44. The molecule has 1 aromatic heterocycles. The second-order valence-corrected chi connectivity index (χ2v) is 10.0. The van der Waals surface area contributed by atoms with Crippen molar-refractivity contribution in [1.82, 2.24) is 25.9 Å². The van der Waals surface area contributed by atoms with E-state index in [0.29, 0.717) is 37.1 Å². The van der Waals surface area contributed by atoms with Crippen molar-refractivity contribution < 1.29 is 20.4 Å². The molecule has 174 valence electrons. The average molecular weight is 437 g/mol. The number of hydrogen-bond donors (Lipinski definition) is 2. The maximum atomic E-state index is 12.7. The number of carbonyl (C=O) groups excluding carboxylic acids is 2. The lowest BCUT2D eigenvalue weighted by Crippen LogP contribution is -2.50. The number of aromatic nitrogens is 4. The maximum absolute atomic E-state index is 12.7. The van der Waals surface area contributed by atoms with E-state index in [4.69, 9.17) is 10.8 Å². The van der Waals surface area contributed by atoms with Crippen LogP contribution in [-0.2, 0) is 25.5 Å². The van der Waals surface area contributed by atoms with Crippen molar-refractivity contribution in [2.75, 3.05) is 13.2 Å². The molecular weight excluding hydrogens is 398 g/mol. The Balaban J connectivity index is 1.43. The highest BCUT2D eigenvalue weighted by Crippen LogP contribution is 2.40. The van der Waals surface area contributed by atoms with Crippen LogP contribution in [0.2, 0.25) is 0 Å². The van der Waals surface area contributed by atoms with Gasteiger partial charge < -0.3 is 14.8 Å². The molecule has 1 aliphatic carbocycles. The number of rotatable bonds is 8. The number of fused-ring (bicyclic) bond motifs is 1. The molecule has 1 aliphatic heterocycles. The number of tetrazole rings is 1. The van der Waals surface area contributed by atoms with Gasteiger partial charge in [0.1, 0.15) is 12.1 Å². The third-order valence-electron chi connectivity index (χ3n) is 6.38. The van der Waals surface area contributed by atoms with Gasteiger partial charge in [0, 0.05) is 12.8 Å². The minimum atomic E-state index is -1.41. The molecule has 0 unspecified atom stereocenters. The molecule has 2 N–H and O–H groups in total. The number of piperidine rings is 1. The average Bonchev–Trinajstić information content (AvgIpc) is 3.24. The fourth-order valence-electron chi connectivity index (χ4n) is 4.39. The van der Waals surface area contributed by atoms with Crippen LogP contribution in [0.1, 0.15) is 73.4 Å². The molecule has 1 aromatic rings. The van der Waals surface area contributed by atoms with E-state index in [2.05, 4.69) is 25.9 Å². The van der Waals surface area contributed by atoms with Crippen molar-refractivity contribution in [3.63, 3.8) is 0 Å². The topological polar surface area (TPSA) is 119 Å². The second kappa shape index (κ2) is 10.5. The summed E-state index contributed by atoms with van der Waals surface area (Å²) in [6.45, 7) is 7.98. The molecule has 0 aromatic carbocycles. The van der Waals surface area contributed by atoms with Crippen molar-refractivity contribution in [2.24, 2.45) is 23.2 Å². The van der Waals surface area contributed by atoms with Gasteiger partial charge in [0.05, 0.1) is 13.4 Å². The van der Waals surface area contributed by atoms with E-state index in [1.807, 2.05) is 0 Å². The number of aryl methyl sites for hydroxylation is 1. The first-order chi connectivity index (χ1) is 15.1. The summed E-state index contributed by atoms with van der Waals surface area (Å²) in [6.07, 6.45) is 5.59. The Kier molecular flexibility index (Phi) is 7.53. The number of hydrogen-bond acceptors (Lipinski definition) is 8. The summed E-state index contributed by atoms with van der Waals surface area (Å²) in [4.78, 5) is 24.7. The molecule has 0 amide bonds. The van der Waals surface area contributed by atoms with Gasteiger partial charge in [-0.1, -0.05) is 11.6 Å². The third kappa shape index (κ3) is 6.98. The fraction of sp³-hybridized carbons (Fsp3) is 0.864. The molecule has 2 fully saturated rings. The minimum absolute atomic E-state index is 0.126. The second-order valence-electron chi connectivity index (χ2n) is 10.0. The van der Waals surface area contributed by atoms with Crippen molar-refractivity contribution in [3.8, 4) is 0 Å². The number of nitrogens with one attached hydrogen (secondary N) is 2. The van der Waals surface area contributed by atoms with Gasteiger partial charge in [0.25, 0.3) is 0 Å². The third-order valence-corrected chi connectivity index (χ3v) is 6.38. The summed E-state index contributed by atoms with van der Waals surface area (Å²) in [7, 11) is 0. The van der Waals surface area contributed by atoms with E-state index in [1.165, 1.54) is 0 Å². The number of aromatic amines is 1. The van der Waals surface area contributed by atoms with Gasteiger partial charge in [-0.3, -0.25) is 9.59 Å². The van der Waals surface area contributed by atoms with Crippen LogP contribution in [0.3, 0.4) is 0 Å². The molecule has 0 bridgehead atoms. The van der Waals surface area contributed by atoms with Crippen molar-refractivity contribution in [3.05, 3.63) is 5.82 Å². The maximum Gasteiger partial charge on any atom is 0.323 e. The normalized spacial score (nSPS) is 30.1. The Hall–Kier alpha value is -2.03. The Morgan fingerprint density at radius 2 is 2.06 bits per heavy atom. The Bertz CT molecular complexity index is 769. The summed E-state index contributed by atoms with van der Waals surface area (Å²) in [5.74, 6) is 1.29. The molecule has 1 saturated carbocycles. The van der Waals surface area contributed by atoms with Crippen molar-refractivity contribution in [1.29, 1.82) is 0 Å². The zero-order valence-corrected chi connectivity index (χ0v) is 19.1. The molecule has 31 heavy (non-hydrogen) atoms. The number of ether oxygens (including phenoxy) is 2. The first-order valence-electron chi connectivity index (χ1n) is 11.9. The molecule has 2 heterocycles. The zero-order valence-electron chi connectivity index (χ0n) is 20.1. The Morgan fingerprint density at radius 1 is 1.26 bits per heavy atom. The molecular formula is C22H37N5O4. The summed E-state index contributed by atoms with van der Waals surface area (Å²) in [5.41, 5.74) is -0.567. The van der Waals surface area contributed by atoms with E-state index >= 15 is 0 Å². The highest BCUT2D eigenvalue weighted by atomic mass is 16.6. The van der Waals surface area contributed by atoms with Crippen LogP contribution in [0.5, 0.6) is 0 Å². The van der Waals surface area contributed by atoms with Crippen LogP contribution in [-0.4, -0.2) is 57.8 Å². The first kappa shape index (κ1) is 22.2. The van der Waals surface area contributed by atoms with Crippen LogP contribution in [0.15, 0.2) is 0 Å². The van der Waals surface area contributed by atoms with Crippen molar-refractivity contribution >= 4 is 11.9 Å². The number of H-pyrrole nitrogens is 1. The lowest BCUT2D eigenvalue weighted by Gasteiger charge is -2.42. The SMILES string of the molecule is [2H][C@@]1(C(=O)OCC[C@H](C)OC(=O)C(C)(C)C)C[C@H]2C[C@@H](CCc3nn[nH]n3)CC[C@H]2CN1. The summed E-state index contributed by atoms with van der Waals surface area (Å²) in [5, 5.41) is 17.3. The Labute approximate surface area is 185 Å². The van der Waals surface area contributed by atoms with Crippen LogP contribution in [0.4, 0.5) is 0 Å². The molecule has 5 atom stereocenters. The zero-order chi connectivity index (χ0) is 23.4. The van der Waals surface area contributed by atoms with Crippen LogP contribution in [0, 0.1) is 23.2 Å². The van der Waals surface area contributed by atoms with Gasteiger partial charge in [-0.05, 0) is 77.7 Å². The van der Waals surface area contributed by atoms with E-state index in [0.717, 1.165) is 37.9 Å². The molecule has 9 heteroatoms. The van der Waals surface area contributed by atoms with Gasteiger partial charge in [-0.2, -0.15) is 5.21 Å². The number of esters is 2. The molecule has 2 aliphatic rings. The van der Waals surface area contributed by atoms with Gasteiger partial charge in [-0.25, -0.2) is 0 Å². The number of nitrogens with zero attached hydrogens (tertiary/aromatic N) is 3. The largest absolute Gasteiger partial charge is 0.464 e. The highest BCUT2D eigenvalue weighted by molar-refractivity contribution is 5.76. The van der Waals surface area contributed by atoms with Gasteiger partial charge in [-0.15, -0.1) is 10.2 Å². The quantitative estimate of drug-likeness (QED) is 0.597. The van der Waals surface area contributed by atoms with E-state index < -0.39 is 17.4 Å². The molecule has 0 spiro atoms. The van der Waals surface area contributed by atoms with Gasteiger partial charge >= 0.3 is 11.9 Å². The lowest BCUT2D eigenvalue weighted by molar-refractivity contribution is -0.159. The van der Waals surface area contributed by atoms with Crippen LogP contribution < -0.4 is 5.32 Å². The standard InChI is InChI=1S/C22H37N5O4/c1-14(31-21(29)22(2,3)4)9-10-30-20(28)18-12-17-11-15(5-7-16(17)13-23-18)6-8-19-24-26-27-25-19/h14-18,23H,5-13H2,1-4H3,(H,24,25,26,27)/t14-,15+,16-,17+,18-/m0/s1/i18D. The Morgan fingerprint density at radius 3 is 2.77 bits per heavy atom. The van der Waals surface area contributed by atoms with Gasteiger partial charge in [0.2, 0.25) is 0 Å². The smallest absolute Gasteiger partial charge is 0.323 e. The molecule has 0 radical (unpaired) electrons. The van der Waals surface area contributed by atoms with E-state index in [1.54, 1.807) is 27.7 Å². The fourth-order valence-corrected chi connectivity index (χ4v) is 4.39. The summed E-state index contributed by atoms with van der Waals surface area (Å²) >= 11 is 0. The van der Waals surface area contributed by atoms with E-state index in [-0.39, 0.29) is 18.7 Å². The highest BCUT2D eigenvalue weighted by Gasteiger charge is 2.38. The summed E-state index contributed by atoms with van der Waals surface area (Å²) < 4.78 is 19.5.